The molecule has 0 atom stereocenters. The fourth-order valence-electron chi connectivity index (χ4n) is 2.83. The average molecular weight is 370 g/mol. The number of thiophene rings is 1. The first-order valence-electron chi connectivity index (χ1n) is 8.55. The molecule has 0 aliphatic heterocycles. The molecule has 26 heavy (non-hydrogen) atoms. The monoisotopic (exact) mass is 370 g/mol. The van der Waals surface area contributed by atoms with Crippen molar-refractivity contribution >= 4 is 27.5 Å². The lowest BCUT2D eigenvalue weighted by Gasteiger charge is -2.11. The highest BCUT2D eigenvalue weighted by atomic mass is 32.1. The Morgan fingerprint density at radius 2 is 1.85 bits per heavy atom. The molecule has 0 aliphatic carbocycles. The van der Waals surface area contributed by atoms with E-state index in [2.05, 4.69) is 4.98 Å². The number of carbonyl (C=O) groups excluding carboxylic acids is 1. The molecule has 2 heterocycles. The minimum atomic E-state index is -0.340. The number of nitrogens with zero attached hydrogens (tertiary/aromatic N) is 2. The molecule has 0 spiro atoms. The lowest BCUT2D eigenvalue weighted by molar-refractivity contribution is 0.0378. The van der Waals surface area contributed by atoms with Crippen molar-refractivity contribution in [2.24, 2.45) is 0 Å². The van der Waals surface area contributed by atoms with Crippen LogP contribution in [0.3, 0.4) is 0 Å². The van der Waals surface area contributed by atoms with Crippen LogP contribution in [0.4, 0.5) is 0 Å². The first-order valence-corrected chi connectivity index (χ1v) is 9.36. The van der Waals surface area contributed by atoms with Gasteiger partial charge in [-0.05, 0) is 57.9 Å². The summed E-state index contributed by atoms with van der Waals surface area (Å²) < 4.78 is 6.88. The van der Waals surface area contributed by atoms with E-state index in [1.807, 2.05) is 46.8 Å². The predicted molar refractivity (Wildman–Crippen MR) is 104 cm³/mol. The summed E-state index contributed by atoms with van der Waals surface area (Å²) in [6.07, 6.45) is -0.154. The van der Waals surface area contributed by atoms with Crippen molar-refractivity contribution in [1.29, 1.82) is 0 Å². The topological polar surface area (TPSA) is 61.2 Å². The Bertz CT molecular complexity index is 1030. The van der Waals surface area contributed by atoms with E-state index in [9.17, 15) is 9.59 Å². The van der Waals surface area contributed by atoms with E-state index >= 15 is 0 Å². The van der Waals surface area contributed by atoms with Crippen LogP contribution in [0.5, 0.6) is 0 Å². The molecular weight excluding hydrogens is 348 g/mol. The van der Waals surface area contributed by atoms with Gasteiger partial charge in [0.05, 0.1) is 23.6 Å². The lowest BCUT2D eigenvalue weighted by atomic mass is 10.1. The highest BCUT2D eigenvalue weighted by Crippen LogP contribution is 2.26. The van der Waals surface area contributed by atoms with E-state index in [1.54, 1.807) is 28.0 Å². The summed E-state index contributed by atoms with van der Waals surface area (Å²) in [5, 5.41) is 0.704. The van der Waals surface area contributed by atoms with Crippen molar-refractivity contribution in [3.63, 3.8) is 0 Å². The number of fused-ring (bicyclic) bond motifs is 1. The van der Waals surface area contributed by atoms with Gasteiger partial charge in [0, 0.05) is 4.88 Å². The van der Waals surface area contributed by atoms with Crippen LogP contribution < -0.4 is 5.56 Å². The number of aryl methyl sites for hydroxylation is 3. The summed E-state index contributed by atoms with van der Waals surface area (Å²) in [5.41, 5.74) is 2.42. The van der Waals surface area contributed by atoms with Gasteiger partial charge in [-0.15, -0.1) is 11.3 Å². The Labute approximate surface area is 156 Å². The van der Waals surface area contributed by atoms with Gasteiger partial charge in [0.25, 0.3) is 5.56 Å². The van der Waals surface area contributed by atoms with Crippen molar-refractivity contribution < 1.29 is 9.53 Å². The van der Waals surface area contributed by atoms with Gasteiger partial charge in [-0.25, -0.2) is 9.78 Å². The molecule has 0 fully saturated rings. The normalized spacial score (nSPS) is 11.3. The quantitative estimate of drug-likeness (QED) is 0.651. The number of hydrogen-bond acceptors (Lipinski definition) is 5. The van der Waals surface area contributed by atoms with E-state index < -0.39 is 0 Å². The van der Waals surface area contributed by atoms with Crippen molar-refractivity contribution in [2.75, 3.05) is 0 Å². The third-order valence-electron chi connectivity index (χ3n) is 4.35. The molecule has 0 saturated heterocycles. The number of rotatable bonds is 4. The van der Waals surface area contributed by atoms with Crippen LogP contribution in [0.2, 0.25) is 0 Å². The summed E-state index contributed by atoms with van der Waals surface area (Å²) in [5.74, 6) is 0.347. The van der Waals surface area contributed by atoms with Crippen molar-refractivity contribution in [2.45, 2.75) is 47.3 Å². The molecule has 0 N–H and O–H groups in total. The highest BCUT2D eigenvalue weighted by Gasteiger charge is 2.15. The summed E-state index contributed by atoms with van der Waals surface area (Å²) in [4.78, 5) is 31.4. The van der Waals surface area contributed by atoms with Crippen molar-refractivity contribution in [3.8, 4) is 0 Å². The SMILES string of the molecule is Cc1sc2nc(C)n(Cc3ccc(C(=O)OC(C)C)cc3)c(=O)c2c1C. The summed E-state index contributed by atoms with van der Waals surface area (Å²) in [7, 11) is 0. The van der Waals surface area contributed by atoms with Crippen LogP contribution in [-0.4, -0.2) is 21.6 Å². The molecule has 0 unspecified atom stereocenters. The number of benzene rings is 1. The van der Waals surface area contributed by atoms with Gasteiger partial charge in [0.2, 0.25) is 0 Å². The second kappa shape index (κ2) is 7.03. The molecule has 6 heteroatoms. The second-order valence-electron chi connectivity index (χ2n) is 6.66. The number of ether oxygens (including phenoxy) is 1. The summed E-state index contributed by atoms with van der Waals surface area (Å²) >= 11 is 1.56. The average Bonchev–Trinajstić information content (AvgIpc) is 2.85. The molecule has 0 radical (unpaired) electrons. The third kappa shape index (κ3) is 3.42. The first kappa shape index (κ1) is 18.3. The van der Waals surface area contributed by atoms with Gasteiger partial charge in [-0.3, -0.25) is 9.36 Å². The van der Waals surface area contributed by atoms with Gasteiger partial charge in [0.15, 0.2) is 0 Å². The van der Waals surface area contributed by atoms with E-state index in [1.165, 1.54) is 0 Å². The zero-order valence-corrected chi connectivity index (χ0v) is 16.4. The fourth-order valence-corrected chi connectivity index (χ4v) is 3.89. The molecular formula is C20H22N2O3S. The van der Waals surface area contributed by atoms with Crippen LogP contribution in [-0.2, 0) is 11.3 Å². The Kier molecular flexibility index (Phi) is 4.96. The molecule has 2 aromatic heterocycles. The maximum Gasteiger partial charge on any atom is 0.338 e. The van der Waals surface area contributed by atoms with Gasteiger partial charge in [-0.1, -0.05) is 12.1 Å². The minimum Gasteiger partial charge on any atom is -0.459 e. The molecule has 5 nitrogen and oxygen atoms in total. The van der Waals surface area contributed by atoms with Gasteiger partial charge >= 0.3 is 5.97 Å². The van der Waals surface area contributed by atoms with Crippen molar-refractivity contribution in [3.05, 3.63) is 62.0 Å². The Morgan fingerprint density at radius 3 is 2.46 bits per heavy atom. The molecule has 136 valence electrons. The maximum atomic E-state index is 12.9. The van der Waals surface area contributed by atoms with Crippen LogP contribution in [0, 0.1) is 20.8 Å². The second-order valence-corrected chi connectivity index (χ2v) is 7.87. The fraction of sp³-hybridized carbons (Fsp3) is 0.350. The highest BCUT2D eigenvalue weighted by molar-refractivity contribution is 7.18. The molecule has 0 aliphatic rings. The number of esters is 1. The van der Waals surface area contributed by atoms with Crippen molar-refractivity contribution in [1.82, 2.24) is 9.55 Å². The summed E-state index contributed by atoms with van der Waals surface area (Å²) in [6, 6.07) is 7.15. The molecule has 3 aromatic rings. The summed E-state index contributed by atoms with van der Waals surface area (Å²) in [6.45, 7) is 9.88. The lowest BCUT2D eigenvalue weighted by Crippen LogP contribution is -2.24. The van der Waals surface area contributed by atoms with Crippen LogP contribution >= 0.6 is 11.3 Å². The smallest absolute Gasteiger partial charge is 0.338 e. The van der Waals surface area contributed by atoms with E-state index in [4.69, 9.17) is 4.74 Å². The van der Waals surface area contributed by atoms with Gasteiger partial charge in [-0.2, -0.15) is 0 Å². The standard InChI is InChI=1S/C20H22N2O3S/c1-11(2)25-20(24)16-8-6-15(7-9-16)10-22-14(5)21-18-17(19(22)23)12(3)13(4)26-18/h6-9,11H,10H2,1-5H3. The van der Waals surface area contributed by atoms with Crippen LogP contribution in [0.25, 0.3) is 10.2 Å². The zero-order valence-electron chi connectivity index (χ0n) is 15.6. The Balaban J connectivity index is 1.93. The largest absolute Gasteiger partial charge is 0.459 e. The van der Waals surface area contributed by atoms with Gasteiger partial charge < -0.3 is 4.74 Å². The maximum absolute atomic E-state index is 12.9. The Hall–Kier alpha value is -2.47. The molecule has 0 amide bonds. The minimum absolute atomic E-state index is 0.0161. The molecule has 3 rings (SSSR count). The number of carbonyl (C=O) groups is 1. The first-order chi connectivity index (χ1) is 12.3. The van der Waals surface area contributed by atoms with E-state index in [0.29, 0.717) is 23.3 Å². The molecule has 0 saturated carbocycles. The van der Waals surface area contributed by atoms with Crippen LogP contribution in [0.1, 0.15) is 46.0 Å². The van der Waals surface area contributed by atoms with E-state index in [-0.39, 0.29) is 17.6 Å². The van der Waals surface area contributed by atoms with Crippen LogP contribution in [0.15, 0.2) is 29.1 Å². The molecule has 1 aromatic carbocycles. The van der Waals surface area contributed by atoms with E-state index in [0.717, 1.165) is 20.8 Å². The third-order valence-corrected chi connectivity index (χ3v) is 5.45. The Morgan fingerprint density at radius 1 is 1.19 bits per heavy atom. The van der Waals surface area contributed by atoms with Gasteiger partial charge in [0.1, 0.15) is 10.7 Å². The molecule has 0 bridgehead atoms. The number of hydrogen-bond donors (Lipinski definition) is 0. The predicted octanol–water partition coefficient (Wildman–Crippen LogP) is 4.00. The number of aromatic nitrogens is 2. The zero-order chi connectivity index (χ0) is 19.0.